The second-order valence-corrected chi connectivity index (χ2v) is 6.31. The summed E-state index contributed by atoms with van der Waals surface area (Å²) in [6.07, 6.45) is 0. The summed E-state index contributed by atoms with van der Waals surface area (Å²) < 4.78 is 0.898. The van der Waals surface area contributed by atoms with Gasteiger partial charge in [-0.1, -0.05) is 23.5 Å². The molecule has 22 heavy (non-hydrogen) atoms. The van der Waals surface area contributed by atoms with E-state index >= 15 is 0 Å². The zero-order valence-electron chi connectivity index (χ0n) is 10.9. The van der Waals surface area contributed by atoms with Crippen molar-refractivity contribution in [3.05, 3.63) is 56.4 Å². The second-order valence-electron chi connectivity index (χ2n) is 4.22. The van der Waals surface area contributed by atoms with Gasteiger partial charge in [-0.15, -0.1) is 11.3 Å². The molecule has 8 heteroatoms. The number of allylic oxidation sites excluding steroid dienone is 1. The predicted octanol–water partition coefficient (Wildman–Crippen LogP) is 4.22. The highest BCUT2D eigenvalue weighted by atomic mass is 32.1. The third kappa shape index (κ3) is 2.43. The smallest absolute Gasteiger partial charge is 0.324 e. The van der Waals surface area contributed by atoms with E-state index in [0.717, 1.165) is 21.6 Å². The van der Waals surface area contributed by atoms with Gasteiger partial charge in [0, 0.05) is 6.07 Å². The Hall–Kier alpha value is -2.76. The number of rotatable bonds is 3. The molecule has 0 aliphatic heterocycles. The van der Waals surface area contributed by atoms with Crippen molar-refractivity contribution in [3.8, 4) is 6.07 Å². The van der Waals surface area contributed by atoms with Crippen molar-refractivity contribution >= 4 is 49.2 Å². The number of hydrogen-bond acceptors (Lipinski definition) is 7. The molecule has 0 saturated carbocycles. The van der Waals surface area contributed by atoms with Crippen molar-refractivity contribution in [2.75, 3.05) is 0 Å². The minimum absolute atomic E-state index is 0.0120. The van der Waals surface area contributed by atoms with Gasteiger partial charge in [-0.25, -0.2) is 4.98 Å². The quantitative estimate of drug-likeness (QED) is 0.336. The molecule has 0 atom stereocenters. The van der Waals surface area contributed by atoms with Gasteiger partial charge in [-0.05, 0) is 18.2 Å². The van der Waals surface area contributed by atoms with Gasteiger partial charge < -0.3 is 5.11 Å². The van der Waals surface area contributed by atoms with Gasteiger partial charge in [-0.2, -0.15) is 5.26 Å². The lowest BCUT2D eigenvalue weighted by Crippen LogP contribution is -1.87. The average molecular weight is 329 g/mol. The molecule has 108 valence electrons. The fraction of sp³-hybridized carbons (Fsp3) is 0. The summed E-state index contributed by atoms with van der Waals surface area (Å²) in [5, 5.41) is 30.6. The number of aromatic nitrogens is 1. The largest absolute Gasteiger partial charge is 0.505 e. The normalized spacial score (nSPS) is 12.0. The first-order valence-electron chi connectivity index (χ1n) is 6.04. The van der Waals surface area contributed by atoms with Gasteiger partial charge in [0.1, 0.15) is 16.6 Å². The fourth-order valence-electron chi connectivity index (χ4n) is 1.86. The molecule has 3 rings (SSSR count). The number of thiazole rings is 1. The van der Waals surface area contributed by atoms with Crippen LogP contribution in [-0.4, -0.2) is 15.0 Å². The van der Waals surface area contributed by atoms with Crippen LogP contribution in [0.1, 0.15) is 9.88 Å². The van der Waals surface area contributed by atoms with Crippen molar-refractivity contribution in [1.29, 1.82) is 5.26 Å². The lowest BCUT2D eigenvalue weighted by molar-refractivity contribution is -0.380. The van der Waals surface area contributed by atoms with E-state index < -0.39 is 4.92 Å². The van der Waals surface area contributed by atoms with Crippen LogP contribution in [0.2, 0.25) is 0 Å². The molecule has 0 spiro atoms. The van der Waals surface area contributed by atoms with Gasteiger partial charge >= 0.3 is 5.00 Å². The van der Waals surface area contributed by atoms with Crippen LogP contribution in [-0.2, 0) is 0 Å². The summed E-state index contributed by atoms with van der Waals surface area (Å²) >= 11 is 2.10. The SMILES string of the molecule is N#CC(=C(O)c1ccc([N+](=O)[O-])s1)c1nc2ccccc2s1. The van der Waals surface area contributed by atoms with Crippen LogP contribution in [0.15, 0.2) is 36.4 Å². The summed E-state index contributed by atoms with van der Waals surface area (Å²) in [7, 11) is 0. The molecule has 0 saturated heterocycles. The van der Waals surface area contributed by atoms with Crippen molar-refractivity contribution in [2.45, 2.75) is 0 Å². The highest BCUT2D eigenvalue weighted by Gasteiger charge is 2.19. The van der Waals surface area contributed by atoms with Crippen LogP contribution in [0.3, 0.4) is 0 Å². The number of benzene rings is 1. The number of nitrogens with zero attached hydrogens (tertiary/aromatic N) is 3. The number of aliphatic hydroxyl groups excluding tert-OH is 1. The molecule has 0 bridgehead atoms. The summed E-state index contributed by atoms with van der Waals surface area (Å²) in [5.74, 6) is -0.292. The van der Waals surface area contributed by atoms with Crippen LogP contribution >= 0.6 is 22.7 Å². The van der Waals surface area contributed by atoms with Crippen LogP contribution in [0.25, 0.3) is 21.5 Å². The first-order chi connectivity index (χ1) is 10.6. The third-order valence-electron chi connectivity index (χ3n) is 2.86. The highest BCUT2D eigenvalue weighted by Crippen LogP contribution is 2.34. The summed E-state index contributed by atoms with van der Waals surface area (Å²) in [6.45, 7) is 0. The molecule has 1 aromatic carbocycles. The van der Waals surface area contributed by atoms with E-state index in [0.29, 0.717) is 5.01 Å². The summed E-state index contributed by atoms with van der Waals surface area (Å²) in [5.41, 5.74) is 0.748. The number of aliphatic hydroxyl groups is 1. The van der Waals surface area contributed by atoms with Crippen molar-refractivity contribution in [1.82, 2.24) is 4.98 Å². The Morgan fingerprint density at radius 3 is 2.68 bits per heavy atom. The standard InChI is InChI=1S/C14H7N3O3S2/c15-7-8(13(18)11-5-6-12(21-11)17(19)20)14-16-9-3-1-2-4-10(9)22-14/h1-6,18H. The molecule has 0 unspecified atom stereocenters. The molecule has 3 aromatic rings. The zero-order chi connectivity index (χ0) is 15.7. The average Bonchev–Trinajstić information content (AvgIpc) is 3.14. The van der Waals surface area contributed by atoms with Gasteiger partial charge in [-0.3, -0.25) is 10.1 Å². The molecule has 2 aromatic heterocycles. The predicted molar refractivity (Wildman–Crippen MR) is 85.6 cm³/mol. The van der Waals surface area contributed by atoms with Gasteiger partial charge in [0.2, 0.25) is 0 Å². The Labute approximate surface area is 132 Å². The first kappa shape index (κ1) is 14.2. The minimum atomic E-state index is -0.537. The van der Waals surface area contributed by atoms with Crippen LogP contribution in [0, 0.1) is 21.4 Å². The number of fused-ring (bicyclic) bond motifs is 1. The van der Waals surface area contributed by atoms with E-state index in [1.807, 2.05) is 30.3 Å². The molecular weight excluding hydrogens is 322 g/mol. The van der Waals surface area contributed by atoms with E-state index in [2.05, 4.69) is 4.98 Å². The molecule has 2 heterocycles. The number of hydrogen-bond donors (Lipinski definition) is 1. The lowest BCUT2D eigenvalue weighted by atomic mass is 10.2. The Morgan fingerprint density at radius 1 is 1.27 bits per heavy atom. The molecule has 0 fully saturated rings. The third-order valence-corrected chi connectivity index (χ3v) is 4.96. The molecule has 0 amide bonds. The van der Waals surface area contributed by atoms with Gasteiger partial charge in [0.05, 0.1) is 20.0 Å². The maximum Gasteiger partial charge on any atom is 0.324 e. The maximum atomic E-state index is 10.7. The monoisotopic (exact) mass is 329 g/mol. The van der Waals surface area contributed by atoms with E-state index in [1.54, 1.807) is 0 Å². The van der Waals surface area contributed by atoms with Gasteiger partial charge in [0.25, 0.3) is 0 Å². The van der Waals surface area contributed by atoms with Crippen molar-refractivity contribution in [3.63, 3.8) is 0 Å². The van der Waals surface area contributed by atoms with Crippen molar-refractivity contribution < 1.29 is 10.0 Å². The number of para-hydroxylation sites is 1. The Morgan fingerprint density at radius 2 is 2.05 bits per heavy atom. The molecule has 0 aliphatic carbocycles. The Balaban J connectivity index is 2.11. The number of nitro groups is 1. The minimum Gasteiger partial charge on any atom is -0.505 e. The van der Waals surface area contributed by atoms with E-state index in [-0.39, 0.29) is 21.2 Å². The number of thiophene rings is 1. The maximum absolute atomic E-state index is 10.7. The topological polar surface area (TPSA) is 100 Å². The van der Waals surface area contributed by atoms with Crippen LogP contribution < -0.4 is 0 Å². The number of nitriles is 1. The van der Waals surface area contributed by atoms with Crippen molar-refractivity contribution in [2.24, 2.45) is 0 Å². The highest BCUT2D eigenvalue weighted by molar-refractivity contribution is 7.19. The molecule has 0 radical (unpaired) electrons. The van der Waals surface area contributed by atoms with E-state index in [1.165, 1.54) is 23.5 Å². The fourth-order valence-corrected chi connectivity index (χ4v) is 3.59. The van der Waals surface area contributed by atoms with E-state index in [4.69, 9.17) is 0 Å². The van der Waals surface area contributed by atoms with Crippen LogP contribution in [0.5, 0.6) is 0 Å². The van der Waals surface area contributed by atoms with Gasteiger partial charge in [0.15, 0.2) is 5.76 Å². The molecular formula is C14H7N3O3S2. The summed E-state index contributed by atoms with van der Waals surface area (Å²) in [6, 6.07) is 12.0. The lowest BCUT2D eigenvalue weighted by Gasteiger charge is -1.97. The second kappa shape index (κ2) is 5.55. The Kier molecular flexibility index (Phi) is 3.58. The molecule has 6 nitrogen and oxygen atoms in total. The first-order valence-corrected chi connectivity index (χ1v) is 7.67. The molecule has 0 aliphatic rings. The zero-order valence-corrected chi connectivity index (χ0v) is 12.5. The van der Waals surface area contributed by atoms with Crippen LogP contribution in [0.4, 0.5) is 5.00 Å². The van der Waals surface area contributed by atoms with E-state index in [9.17, 15) is 20.5 Å². The molecule has 1 N–H and O–H groups in total. The Bertz CT molecular complexity index is 917. The summed E-state index contributed by atoms with van der Waals surface area (Å²) in [4.78, 5) is 14.8.